The van der Waals surface area contributed by atoms with Crippen LogP contribution in [0.25, 0.3) is 11.3 Å². The number of carbonyl (C=O) groups is 5. The number of hydrogen-bond acceptors (Lipinski definition) is 19. The van der Waals surface area contributed by atoms with Gasteiger partial charge in [-0.05, 0) is 86.9 Å². The van der Waals surface area contributed by atoms with Crippen LogP contribution < -0.4 is 24.3 Å². The van der Waals surface area contributed by atoms with Gasteiger partial charge in [0.15, 0.2) is 23.0 Å². The van der Waals surface area contributed by atoms with E-state index in [-0.39, 0.29) is 86.1 Å². The van der Waals surface area contributed by atoms with Gasteiger partial charge in [0.2, 0.25) is 17.7 Å². The lowest BCUT2D eigenvalue weighted by Crippen LogP contribution is -2.36. The Kier molecular flexibility index (Phi) is 25.1. The molecule has 3 atom stereocenters. The first-order chi connectivity index (χ1) is 45.4. The van der Waals surface area contributed by atoms with Crippen LogP contribution in [0.3, 0.4) is 0 Å². The lowest BCUT2D eigenvalue weighted by molar-refractivity contribution is -0.140. The van der Waals surface area contributed by atoms with E-state index in [0.717, 1.165) is 66.4 Å². The number of nitrogens with zero attached hydrogens (tertiary/aromatic N) is 8. The van der Waals surface area contributed by atoms with Crippen molar-refractivity contribution in [3.8, 4) is 34.3 Å². The van der Waals surface area contributed by atoms with Gasteiger partial charge in [-0.25, -0.2) is 4.68 Å². The molecule has 2 fully saturated rings. The molecule has 0 spiro atoms. The van der Waals surface area contributed by atoms with E-state index in [9.17, 15) is 24.0 Å². The number of fused-ring (bicyclic) bond motifs is 4. The molecule has 6 heterocycles. The lowest BCUT2D eigenvalue weighted by atomic mass is 9.82. The van der Waals surface area contributed by atoms with Crippen molar-refractivity contribution in [2.75, 3.05) is 107 Å². The van der Waals surface area contributed by atoms with Crippen LogP contribution in [0, 0.1) is 11.8 Å². The van der Waals surface area contributed by atoms with Crippen molar-refractivity contribution >= 4 is 53.3 Å². The van der Waals surface area contributed by atoms with E-state index in [1.165, 1.54) is 51.2 Å². The van der Waals surface area contributed by atoms with Crippen molar-refractivity contribution < 1.29 is 71.3 Å². The minimum atomic E-state index is -0.238. The Balaban J connectivity index is 0.602. The van der Waals surface area contributed by atoms with Crippen LogP contribution in [-0.4, -0.2) is 190 Å². The molecule has 1 aliphatic carbocycles. The molecule has 4 aromatic rings. The van der Waals surface area contributed by atoms with Crippen molar-refractivity contribution in [2.45, 2.75) is 129 Å². The van der Waals surface area contributed by atoms with Gasteiger partial charge in [-0.2, -0.15) is 0 Å². The zero-order valence-electron chi connectivity index (χ0n) is 54.2. The molecule has 5 aliphatic heterocycles. The molecule has 1 saturated heterocycles. The van der Waals surface area contributed by atoms with Crippen molar-refractivity contribution in [2.24, 2.45) is 21.8 Å². The summed E-state index contributed by atoms with van der Waals surface area (Å²) in [5.74, 6) is 0.877. The fourth-order valence-corrected chi connectivity index (χ4v) is 12.5. The first-order valence-electron chi connectivity index (χ1n) is 32.8. The summed E-state index contributed by atoms with van der Waals surface area (Å²) in [6, 6.07) is 12.5. The fourth-order valence-electron chi connectivity index (χ4n) is 12.5. The molecule has 1 unspecified atom stereocenters. The molecular weight excluding hydrogens is 1190 g/mol. The van der Waals surface area contributed by atoms with Gasteiger partial charge < -0.3 is 62.5 Å². The molecule has 0 radical (unpaired) electrons. The summed E-state index contributed by atoms with van der Waals surface area (Å²) in [4.78, 5) is 80.0. The van der Waals surface area contributed by atoms with Gasteiger partial charge >= 0.3 is 0 Å². The summed E-state index contributed by atoms with van der Waals surface area (Å²) >= 11 is 0. The highest BCUT2D eigenvalue weighted by atomic mass is 16.6. The Morgan fingerprint density at radius 3 is 1.55 bits per heavy atom. The van der Waals surface area contributed by atoms with Crippen LogP contribution in [-0.2, 0) is 62.6 Å². The average Bonchev–Trinajstić information content (AvgIpc) is 1.75. The number of aromatic nitrogens is 3. The number of nitrogens with one attached hydrogen (secondary N) is 1. The standard InChI is InChI=1S/C69H89N9O15/c1-47-30-53-40-71-58-38-63(61(84-3)35-56(58)68(82)77(53)42-47)92-45-49-32-50(46-93-64-39-59-57(36-62(64)85-4)69(83)78-43-48(2)31-54(78)41-72-59)34-52(33-49)60-44-75(74-73-60)17-19-87-21-23-89-25-27-91-29-28-90-26-24-88-22-20-86-18-15-70-65(79)14-16-76-66(80)37-55(67(76)81)51-12-10-8-6-5-7-9-11-13-51/h32-36,38-44,51,53-55H,5-31,37,45-46H2,1-4H3,(H,70,79)/t53-,54-,55?/m0/s1. The Morgan fingerprint density at radius 1 is 0.559 bits per heavy atom. The molecule has 0 bridgehead atoms. The van der Waals surface area contributed by atoms with E-state index in [0.29, 0.717) is 144 Å². The zero-order chi connectivity index (χ0) is 64.9. The molecular formula is C69H89N9O15. The molecule has 5 amide bonds. The fraction of sp³-hybridized carbons (Fsp3) is 0.551. The number of methoxy groups -OCH3 is 2. The summed E-state index contributed by atoms with van der Waals surface area (Å²) in [6.07, 6.45) is 21.4. The maximum absolute atomic E-state index is 13.7. The van der Waals surface area contributed by atoms with Crippen molar-refractivity contribution in [3.05, 3.63) is 94.5 Å². The second-order valence-corrected chi connectivity index (χ2v) is 24.3. The highest BCUT2D eigenvalue weighted by Gasteiger charge is 2.42. The second kappa shape index (κ2) is 34.3. The largest absolute Gasteiger partial charge is 0.493 e. The van der Waals surface area contributed by atoms with Gasteiger partial charge in [-0.1, -0.05) is 61.3 Å². The molecule has 1 N–H and O–H groups in total. The third-order valence-electron chi connectivity index (χ3n) is 17.4. The predicted molar refractivity (Wildman–Crippen MR) is 345 cm³/mol. The van der Waals surface area contributed by atoms with Gasteiger partial charge in [0.05, 0.1) is 147 Å². The monoisotopic (exact) mass is 1280 g/mol. The predicted octanol–water partition coefficient (Wildman–Crippen LogP) is 8.91. The quantitative estimate of drug-likeness (QED) is 0.0338. The van der Waals surface area contributed by atoms with Crippen LogP contribution in [0.5, 0.6) is 23.0 Å². The third kappa shape index (κ3) is 18.7. The Bertz CT molecular complexity index is 3220. The molecule has 500 valence electrons. The third-order valence-corrected chi connectivity index (χ3v) is 17.4. The Morgan fingerprint density at radius 2 is 1.04 bits per heavy atom. The van der Waals surface area contributed by atoms with Gasteiger partial charge in [0.25, 0.3) is 11.8 Å². The summed E-state index contributed by atoms with van der Waals surface area (Å²) < 4.78 is 60.1. The number of ether oxygens (including phenoxy) is 10. The lowest BCUT2D eigenvalue weighted by Gasteiger charge is -2.23. The highest BCUT2D eigenvalue weighted by molar-refractivity contribution is 6.06. The summed E-state index contributed by atoms with van der Waals surface area (Å²) in [5, 5.41) is 11.7. The van der Waals surface area contributed by atoms with Gasteiger partial charge in [0, 0.05) is 68.5 Å². The second-order valence-electron chi connectivity index (χ2n) is 24.3. The normalized spacial score (nSPS) is 19.0. The van der Waals surface area contributed by atoms with Crippen LogP contribution in [0.4, 0.5) is 11.4 Å². The van der Waals surface area contributed by atoms with Crippen molar-refractivity contribution in [1.82, 2.24) is 35.0 Å². The van der Waals surface area contributed by atoms with Crippen molar-refractivity contribution in [1.29, 1.82) is 0 Å². The Labute approximate surface area is 543 Å². The number of aliphatic imine (C=N–C) groups is 2. The molecule has 24 nitrogen and oxygen atoms in total. The molecule has 6 aliphatic rings. The van der Waals surface area contributed by atoms with Crippen LogP contribution in [0.15, 0.2) is 82.2 Å². The highest BCUT2D eigenvalue weighted by Crippen LogP contribution is 2.42. The number of likely N-dealkylation sites (tertiary alicyclic amines) is 1. The SMILES string of the molecule is COc1cc2c(cc1OCc1cc(COc3cc4c(cc3OC)C(=O)N3C=C(C)C[C@H]3C=N4)cc(-c3cn(CCOCCOCCOCCOCCOCCOCCNC(=O)CCN4C(=O)CC(C5CCCCCCCCC5)C4=O)nn3)c1)N=C[C@@H]1CC(C)=CN1C2=O. The van der Waals surface area contributed by atoms with Crippen LogP contribution >= 0.6 is 0 Å². The molecule has 3 aromatic carbocycles. The molecule has 24 heteroatoms. The first kappa shape index (κ1) is 68.0. The van der Waals surface area contributed by atoms with E-state index >= 15 is 0 Å². The zero-order valence-corrected chi connectivity index (χ0v) is 54.2. The summed E-state index contributed by atoms with van der Waals surface area (Å²) in [5.41, 5.74) is 7.01. The number of benzene rings is 3. The number of carbonyl (C=O) groups excluding carboxylic acids is 5. The maximum atomic E-state index is 13.7. The molecule has 1 saturated carbocycles. The van der Waals surface area contributed by atoms with E-state index in [4.69, 9.17) is 57.4 Å². The van der Waals surface area contributed by atoms with Gasteiger partial charge in [-0.15, -0.1) is 5.10 Å². The van der Waals surface area contributed by atoms with Crippen molar-refractivity contribution in [3.63, 3.8) is 0 Å². The topological polar surface area (TPSA) is 255 Å². The summed E-state index contributed by atoms with van der Waals surface area (Å²) in [7, 11) is 3.07. The number of rotatable bonds is 34. The number of hydrogen-bond donors (Lipinski definition) is 1. The average molecular weight is 1280 g/mol. The smallest absolute Gasteiger partial charge is 0.260 e. The van der Waals surface area contributed by atoms with E-state index in [1.807, 2.05) is 50.6 Å². The molecule has 93 heavy (non-hydrogen) atoms. The Hall–Kier alpha value is -7.87. The van der Waals surface area contributed by atoms with Crippen LogP contribution in [0.2, 0.25) is 0 Å². The maximum Gasteiger partial charge on any atom is 0.260 e. The molecule has 1 aromatic heterocycles. The number of imide groups is 1. The van der Waals surface area contributed by atoms with Gasteiger partial charge in [0.1, 0.15) is 18.9 Å². The van der Waals surface area contributed by atoms with E-state index in [2.05, 4.69) is 15.6 Å². The summed E-state index contributed by atoms with van der Waals surface area (Å²) in [6.45, 7) is 9.81. The van der Waals surface area contributed by atoms with Crippen LogP contribution in [0.1, 0.15) is 129 Å². The van der Waals surface area contributed by atoms with E-state index < -0.39 is 0 Å². The van der Waals surface area contributed by atoms with Gasteiger partial charge in [-0.3, -0.25) is 38.9 Å². The number of amides is 5. The minimum absolute atomic E-state index is 0.0833. The minimum Gasteiger partial charge on any atom is -0.493 e. The molecule has 10 rings (SSSR count). The van der Waals surface area contributed by atoms with E-state index in [1.54, 1.807) is 51.2 Å². The first-order valence-corrected chi connectivity index (χ1v) is 32.8.